The Morgan fingerprint density at radius 2 is 1.00 bits per heavy atom. The van der Waals surface area contributed by atoms with Crippen molar-refractivity contribution in [3.8, 4) is 0 Å². The third kappa shape index (κ3) is 4.51. The fraction of sp³-hybridized carbons (Fsp3) is 0.571. The van der Waals surface area contributed by atoms with Gasteiger partial charge in [0.2, 0.25) is 0 Å². The number of ether oxygens (including phenoxy) is 2. The van der Waals surface area contributed by atoms with Crippen LogP contribution in [0.5, 0.6) is 0 Å². The molecule has 8 bridgehead atoms. The SMILES string of the molecule is C[C@@H]1[C@@H](O)C[C@H]2CCc3ccc(cc3)[C@@H]3O[C@H](CCc4ccc(cc4)[C@@H]1O2)C[C@H](O)[C@H]3C. The zero-order valence-corrected chi connectivity index (χ0v) is 19.2. The Balaban J connectivity index is 1.44. The quantitative estimate of drug-likeness (QED) is 0.615. The summed E-state index contributed by atoms with van der Waals surface area (Å²) < 4.78 is 13.0. The zero-order chi connectivity index (χ0) is 22.2. The molecule has 2 fully saturated rings. The Morgan fingerprint density at radius 3 is 1.38 bits per heavy atom. The summed E-state index contributed by atoms with van der Waals surface area (Å²) in [5, 5.41) is 21.4. The zero-order valence-electron chi connectivity index (χ0n) is 19.2. The highest BCUT2D eigenvalue weighted by molar-refractivity contribution is 5.27. The second-order valence-corrected chi connectivity index (χ2v) is 10.2. The number of hydrogen-bond donors (Lipinski definition) is 2. The van der Waals surface area contributed by atoms with Crippen molar-refractivity contribution in [3.63, 3.8) is 0 Å². The first kappa shape index (κ1) is 22.1. The molecule has 0 spiro atoms. The second kappa shape index (κ2) is 9.26. The summed E-state index contributed by atoms with van der Waals surface area (Å²) in [5.74, 6) is 0.163. The molecule has 0 aliphatic carbocycles. The second-order valence-electron chi connectivity index (χ2n) is 10.2. The van der Waals surface area contributed by atoms with Crippen LogP contribution in [-0.4, -0.2) is 34.6 Å². The smallest absolute Gasteiger partial charge is 0.0878 e. The lowest BCUT2D eigenvalue weighted by molar-refractivity contribution is -0.135. The van der Waals surface area contributed by atoms with Crippen LogP contribution in [-0.2, 0) is 22.3 Å². The lowest BCUT2D eigenvalue weighted by atomic mass is 9.83. The van der Waals surface area contributed by atoms with E-state index in [9.17, 15) is 10.2 Å². The van der Waals surface area contributed by atoms with Crippen LogP contribution in [0.3, 0.4) is 0 Å². The lowest BCUT2D eigenvalue weighted by Gasteiger charge is -2.39. The summed E-state index contributed by atoms with van der Waals surface area (Å²) in [4.78, 5) is 0. The topological polar surface area (TPSA) is 58.9 Å². The molecule has 0 unspecified atom stereocenters. The lowest BCUT2D eigenvalue weighted by Crippen LogP contribution is -2.38. The molecule has 2 aromatic carbocycles. The fourth-order valence-electron chi connectivity index (χ4n) is 5.68. The van der Waals surface area contributed by atoms with Gasteiger partial charge in [0.1, 0.15) is 0 Å². The molecule has 4 nitrogen and oxygen atoms in total. The normalized spacial score (nSPS) is 37.6. The van der Waals surface area contributed by atoms with E-state index in [2.05, 4.69) is 62.4 Å². The molecule has 2 aromatic rings. The van der Waals surface area contributed by atoms with Crippen LogP contribution >= 0.6 is 0 Å². The van der Waals surface area contributed by atoms with Gasteiger partial charge in [-0.15, -0.1) is 0 Å². The van der Waals surface area contributed by atoms with Crippen molar-refractivity contribution >= 4 is 0 Å². The molecule has 32 heavy (non-hydrogen) atoms. The van der Waals surface area contributed by atoms with E-state index in [1.165, 1.54) is 11.1 Å². The van der Waals surface area contributed by atoms with Gasteiger partial charge >= 0.3 is 0 Å². The average Bonchev–Trinajstić information content (AvgIpc) is 2.81. The summed E-state index contributed by atoms with van der Waals surface area (Å²) in [7, 11) is 0. The molecular weight excluding hydrogens is 400 g/mol. The Morgan fingerprint density at radius 1 is 0.625 bits per heavy atom. The maximum absolute atomic E-state index is 10.7. The van der Waals surface area contributed by atoms with Gasteiger partial charge < -0.3 is 19.7 Å². The van der Waals surface area contributed by atoms with E-state index in [1.54, 1.807) is 0 Å². The van der Waals surface area contributed by atoms with Crippen LogP contribution in [0.2, 0.25) is 0 Å². The predicted molar refractivity (Wildman–Crippen MR) is 124 cm³/mol. The van der Waals surface area contributed by atoms with E-state index in [-0.39, 0.29) is 48.5 Å². The van der Waals surface area contributed by atoms with Gasteiger partial charge in [-0.25, -0.2) is 0 Å². The summed E-state index contributed by atoms with van der Waals surface area (Å²) >= 11 is 0. The molecule has 0 aromatic heterocycles. The third-order valence-electron chi connectivity index (χ3n) is 7.98. The molecular formula is C28H36O4. The molecule has 0 radical (unpaired) electrons. The number of hydrogen-bond acceptors (Lipinski definition) is 4. The van der Waals surface area contributed by atoms with Crippen LogP contribution in [0.4, 0.5) is 0 Å². The minimum Gasteiger partial charge on any atom is -0.393 e. The molecule has 172 valence electrons. The Kier molecular flexibility index (Phi) is 6.39. The van der Waals surface area contributed by atoms with Gasteiger partial charge in [-0.05, 0) is 60.8 Å². The molecule has 8 rings (SSSR count). The molecule has 4 heteroatoms. The Hall–Kier alpha value is -1.72. The molecule has 8 atom stereocenters. The summed E-state index contributed by atoms with van der Waals surface area (Å²) in [6, 6.07) is 17.4. The van der Waals surface area contributed by atoms with E-state index >= 15 is 0 Å². The van der Waals surface area contributed by atoms with Crippen molar-refractivity contribution in [2.45, 2.75) is 89.0 Å². The average molecular weight is 437 g/mol. The molecule has 2 saturated heterocycles. The Bertz CT molecular complexity index is 817. The van der Waals surface area contributed by atoms with Crippen LogP contribution in [0, 0.1) is 11.8 Å². The summed E-state index contributed by atoms with van der Waals surface area (Å²) in [6.07, 6.45) is 4.32. The van der Waals surface area contributed by atoms with E-state index in [0.717, 1.165) is 36.8 Å². The van der Waals surface area contributed by atoms with Gasteiger partial charge in [-0.1, -0.05) is 62.4 Å². The van der Waals surface area contributed by atoms with Crippen molar-refractivity contribution in [3.05, 3.63) is 70.8 Å². The highest BCUT2D eigenvalue weighted by Gasteiger charge is 2.37. The van der Waals surface area contributed by atoms with Gasteiger partial charge in [0.05, 0.1) is 36.6 Å². The van der Waals surface area contributed by atoms with Crippen molar-refractivity contribution in [1.82, 2.24) is 0 Å². The van der Waals surface area contributed by atoms with Gasteiger partial charge in [0.25, 0.3) is 0 Å². The standard InChI is InChI=1S/C28H36O4/c1-17-25(29)15-23-13-7-20-5-11-22(12-6-20)28-18(2)26(30)16-24(32-28)14-8-19-3-9-21(10-4-19)27(17)31-23/h3-6,9-12,17-18,23-30H,7-8,13-16H2,1-2H3/t17-,18-,23-,24-,25+,26+,27-,28-/m1/s1. The van der Waals surface area contributed by atoms with E-state index in [4.69, 9.17) is 9.47 Å². The molecule has 6 aliphatic heterocycles. The first-order valence-corrected chi connectivity index (χ1v) is 12.3. The first-order valence-electron chi connectivity index (χ1n) is 12.3. The number of rotatable bonds is 0. The molecule has 6 aliphatic rings. The van der Waals surface area contributed by atoms with E-state index in [1.807, 2.05) is 0 Å². The van der Waals surface area contributed by atoms with Crippen LogP contribution in [0.15, 0.2) is 48.5 Å². The minimum atomic E-state index is -0.337. The highest BCUT2D eigenvalue weighted by Crippen LogP contribution is 2.40. The maximum atomic E-state index is 10.7. The van der Waals surface area contributed by atoms with E-state index < -0.39 is 0 Å². The molecule has 2 N–H and O–H groups in total. The van der Waals surface area contributed by atoms with Crippen molar-refractivity contribution in [1.29, 1.82) is 0 Å². The van der Waals surface area contributed by atoms with Crippen LogP contribution < -0.4 is 0 Å². The van der Waals surface area contributed by atoms with Gasteiger partial charge in [-0.3, -0.25) is 0 Å². The third-order valence-corrected chi connectivity index (χ3v) is 7.98. The van der Waals surface area contributed by atoms with Crippen LogP contribution in [0.25, 0.3) is 0 Å². The van der Waals surface area contributed by atoms with Gasteiger partial charge in [0.15, 0.2) is 0 Å². The first-order chi connectivity index (χ1) is 15.5. The largest absolute Gasteiger partial charge is 0.393 e. The number of benzene rings is 2. The van der Waals surface area contributed by atoms with Crippen LogP contribution in [0.1, 0.15) is 74.0 Å². The number of aliphatic hydroxyl groups is 2. The van der Waals surface area contributed by atoms with Crippen molar-refractivity contribution < 1.29 is 19.7 Å². The minimum absolute atomic E-state index is 0.0574. The number of aryl methyl sites for hydroxylation is 2. The maximum Gasteiger partial charge on any atom is 0.0878 e. The van der Waals surface area contributed by atoms with Gasteiger partial charge in [0, 0.05) is 11.8 Å². The monoisotopic (exact) mass is 436 g/mol. The fourth-order valence-corrected chi connectivity index (χ4v) is 5.68. The van der Waals surface area contributed by atoms with Gasteiger partial charge in [-0.2, -0.15) is 0 Å². The molecule has 6 heterocycles. The summed E-state index contributed by atoms with van der Waals surface area (Å²) in [5.41, 5.74) is 4.84. The Labute approximate surface area is 191 Å². The van der Waals surface area contributed by atoms with Crippen molar-refractivity contribution in [2.75, 3.05) is 0 Å². The highest BCUT2D eigenvalue weighted by atomic mass is 16.5. The summed E-state index contributed by atoms with van der Waals surface area (Å²) in [6.45, 7) is 4.18. The van der Waals surface area contributed by atoms with Crippen molar-refractivity contribution in [2.24, 2.45) is 11.8 Å². The number of aliphatic hydroxyl groups excluding tert-OH is 2. The molecule has 0 saturated carbocycles. The van der Waals surface area contributed by atoms with E-state index in [0.29, 0.717) is 12.8 Å². The predicted octanol–water partition coefficient (Wildman–Crippen LogP) is 4.92. The molecule has 0 amide bonds.